The van der Waals surface area contributed by atoms with E-state index in [0.717, 1.165) is 24.8 Å². The summed E-state index contributed by atoms with van der Waals surface area (Å²) >= 11 is 0. The molecule has 0 aliphatic heterocycles. The molecule has 0 spiro atoms. The number of hydrogen-bond acceptors (Lipinski definition) is 2. The predicted molar refractivity (Wildman–Crippen MR) is 73.7 cm³/mol. The second-order valence-corrected chi connectivity index (χ2v) is 5.04. The van der Waals surface area contributed by atoms with E-state index in [9.17, 15) is 9.59 Å². The van der Waals surface area contributed by atoms with E-state index >= 15 is 0 Å². The number of nitrogens with one attached hydrogen (secondary N) is 2. The van der Waals surface area contributed by atoms with E-state index in [1.807, 2.05) is 30.3 Å². The molecular weight excluding hydrogens is 240 g/mol. The first kappa shape index (κ1) is 13.6. The summed E-state index contributed by atoms with van der Waals surface area (Å²) in [4.78, 5) is 23.1. The minimum atomic E-state index is -0.350. The molecule has 0 aromatic heterocycles. The van der Waals surface area contributed by atoms with Crippen LogP contribution >= 0.6 is 0 Å². The highest BCUT2D eigenvalue weighted by Gasteiger charge is 2.45. The Morgan fingerprint density at radius 1 is 1.11 bits per heavy atom. The summed E-state index contributed by atoms with van der Waals surface area (Å²) in [5, 5.41) is 5.60. The molecule has 0 saturated heterocycles. The van der Waals surface area contributed by atoms with Crippen LogP contribution in [0, 0.1) is 0 Å². The zero-order chi connectivity index (χ0) is 13.7. The fourth-order valence-electron chi connectivity index (χ4n) is 2.52. The fourth-order valence-corrected chi connectivity index (χ4v) is 2.52. The van der Waals surface area contributed by atoms with Gasteiger partial charge in [-0.1, -0.05) is 36.8 Å². The Morgan fingerprint density at radius 2 is 1.74 bits per heavy atom. The normalized spacial score (nSPS) is 16.3. The quantitative estimate of drug-likeness (QED) is 0.785. The molecule has 1 aromatic rings. The van der Waals surface area contributed by atoms with Crippen LogP contribution in [0.4, 0.5) is 0 Å². The van der Waals surface area contributed by atoms with Gasteiger partial charge in [0.1, 0.15) is 0 Å². The Balaban J connectivity index is 1.94. The van der Waals surface area contributed by atoms with E-state index in [4.69, 9.17) is 0 Å². The topological polar surface area (TPSA) is 58.2 Å². The highest BCUT2D eigenvalue weighted by molar-refractivity contribution is 5.89. The summed E-state index contributed by atoms with van der Waals surface area (Å²) in [5.74, 6) is 0.00553. The molecule has 1 fully saturated rings. The Labute approximate surface area is 113 Å². The van der Waals surface area contributed by atoms with Crippen molar-refractivity contribution in [1.82, 2.24) is 10.6 Å². The van der Waals surface area contributed by atoms with Crippen molar-refractivity contribution in [3.63, 3.8) is 0 Å². The lowest BCUT2D eigenvalue weighted by atomic mass is 9.64. The Hall–Kier alpha value is -1.84. The van der Waals surface area contributed by atoms with Gasteiger partial charge in [0.15, 0.2) is 0 Å². The van der Waals surface area contributed by atoms with Gasteiger partial charge in [-0.2, -0.15) is 0 Å². The van der Waals surface area contributed by atoms with E-state index in [1.54, 1.807) is 0 Å². The largest absolute Gasteiger partial charge is 0.355 e. The SMILES string of the molecule is CC(=O)NCCNC(=O)C1(c2ccccc2)CCC1. The predicted octanol–water partition coefficient (Wildman–Crippen LogP) is 1.36. The maximum absolute atomic E-state index is 12.4. The molecule has 0 radical (unpaired) electrons. The fraction of sp³-hybridized carbons (Fsp3) is 0.467. The lowest BCUT2D eigenvalue weighted by Gasteiger charge is -2.40. The van der Waals surface area contributed by atoms with Gasteiger partial charge < -0.3 is 10.6 Å². The first-order valence-electron chi connectivity index (χ1n) is 6.73. The molecule has 1 saturated carbocycles. The Morgan fingerprint density at radius 3 is 2.26 bits per heavy atom. The lowest BCUT2D eigenvalue weighted by Crippen LogP contribution is -2.50. The molecule has 1 aromatic carbocycles. The smallest absolute Gasteiger partial charge is 0.230 e. The number of carbonyl (C=O) groups excluding carboxylic acids is 2. The van der Waals surface area contributed by atoms with Gasteiger partial charge in [0.25, 0.3) is 0 Å². The summed E-state index contributed by atoms with van der Waals surface area (Å²) in [6.07, 6.45) is 2.90. The lowest BCUT2D eigenvalue weighted by molar-refractivity contribution is -0.130. The number of amides is 2. The van der Waals surface area contributed by atoms with Crippen molar-refractivity contribution in [2.75, 3.05) is 13.1 Å². The van der Waals surface area contributed by atoms with E-state index in [1.165, 1.54) is 6.92 Å². The van der Waals surface area contributed by atoms with Crippen LogP contribution in [0.2, 0.25) is 0 Å². The van der Waals surface area contributed by atoms with E-state index < -0.39 is 0 Å². The summed E-state index contributed by atoms with van der Waals surface area (Å²) in [5.41, 5.74) is 0.746. The van der Waals surface area contributed by atoms with Crippen molar-refractivity contribution in [3.05, 3.63) is 35.9 Å². The molecule has 1 aliphatic rings. The third-order valence-electron chi connectivity index (χ3n) is 3.75. The highest BCUT2D eigenvalue weighted by Crippen LogP contribution is 2.43. The standard InChI is InChI=1S/C15H20N2O2/c1-12(18)16-10-11-17-14(19)15(8-5-9-15)13-6-3-2-4-7-13/h2-4,6-7H,5,8-11H2,1H3,(H,16,18)(H,17,19). The van der Waals surface area contributed by atoms with Crippen LogP contribution in [0.25, 0.3) is 0 Å². The van der Waals surface area contributed by atoms with Gasteiger partial charge in [-0.15, -0.1) is 0 Å². The van der Waals surface area contributed by atoms with Gasteiger partial charge in [-0.05, 0) is 18.4 Å². The molecule has 1 aliphatic carbocycles. The van der Waals surface area contributed by atoms with Gasteiger partial charge in [0.2, 0.25) is 11.8 Å². The van der Waals surface area contributed by atoms with Crippen molar-refractivity contribution in [2.45, 2.75) is 31.6 Å². The average molecular weight is 260 g/mol. The Bertz CT molecular complexity index is 452. The minimum absolute atomic E-state index is 0.0735. The summed E-state index contributed by atoms with van der Waals surface area (Å²) < 4.78 is 0. The average Bonchev–Trinajstić information content (AvgIpc) is 2.34. The molecule has 102 valence electrons. The van der Waals surface area contributed by atoms with Gasteiger partial charge in [-0.25, -0.2) is 0 Å². The van der Waals surface area contributed by atoms with Crippen molar-refractivity contribution < 1.29 is 9.59 Å². The first-order chi connectivity index (χ1) is 9.15. The van der Waals surface area contributed by atoms with Crippen LogP contribution < -0.4 is 10.6 Å². The molecule has 19 heavy (non-hydrogen) atoms. The molecule has 2 N–H and O–H groups in total. The number of benzene rings is 1. The van der Waals surface area contributed by atoms with E-state index in [2.05, 4.69) is 10.6 Å². The van der Waals surface area contributed by atoms with Gasteiger partial charge in [0.05, 0.1) is 5.41 Å². The van der Waals surface area contributed by atoms with Crippen LogP contribution in [-0.2, 0) is 15.0 Å². The van der Waals surface area contributed by atoms with Crippen LogP contribution in [0.5, 0.6) is 0 Å². The maximum Gasteiger partial charge on any atom is 0.230 e. The number of carbonyl (C=O) groups is 2. The van der Waals surface area contributed by atoms with Gasteiger partial charge in [-0.3, -0.25) is 9.59 Å². The van der Waals surface area contributed by atoms with Crippen molar-refractivity contribution in [1.29, 1.82) is 0 Å². The van der Waals surface area contributed by atoms with Crippen molar-refractivity contribution in [2.24, 2.45) is 0 Å². The summed E-state index contributed by atoms with van der Waals surface area (Å²) in [7, 11) is 0. The third kappa shape index (κ3) is 2.95. The molecule has 2 rings (SSSR count). The van der Waals surface area contributed by atoms with Crippen molar-refractivity contribution >= 4 is 11.8 Å². The third-order valence-corrected chi connectivity index (χ3v) is 3.75. The molecule has 0 heterocycles. The molecular formula is C15H20N2O2. The first-order valence-corrected chi connectivity index (χ1v) is 6.73. The van der Waals surface area contributed by atoms with Gasteiger partial charge >= 0.3 is 0 Å². The van der Waals surface area contributed by atoms with Crippen LogP contribution in [0.1, 0.15) is 31.7 Å². The minimum Gasteiger partial charge on any atom is -0.355 e. The maximum atomic E-state index is 12.4. The van der Waals surface area contributed by atoms with E-state index in [0.29, 0.717) is 13.1 Å². The molecule has 4 heteroatoms. The van der Waals surface area contributed by atoms with Crippen LogP contribution in [-0.4, -0.2) is 24.9 Å². The van der Waals surface area contributed by atoms with Crippen molar-refractivity contribution in [3.8, 4) is 0 Å². The zero-order valence-electron chi connectivity index (χ0n) is 11.2. The second kappa shape index (κ2) is 5.87. The molecule has 2 amide bonds. The Kier molecular flexibility index (Phi) is 4.20. The monoisotopic (exact) mass is 260 g/mol. The summed E-state index contributed by atoms with van der Waals surface area (Å²) in [6, 6.07) is 9.95. The summed E-state index contributed by atoms with van der Waals surface area (Å²) in [6.45, 7) is 2.43. The molecule has 0 unspecified atom stereocenters. The zero-order valence-corrected chi connectivity index (χ0v) is 11.2. The van der Waals surface area contributed by atoms with Crippen LogP contribution in [0.3, 0.4) is 0 Å². The van der Waals surface area contributed by atoms with E-state index in [-0.39, 0.29) is 17.2 Å². The molecule has 0 bridgehead atoms. The second-order valence-electron chi connectivity index (χ2n) is 5.04. The molecule has 0 atom stereocenters. The van der Waals surface area contributed by atoms with Gasteiger partial charge in [0, 0.05) is 20.0 Å². The molecule has 4 nitrogen and oxygen atoms in total. The highest BCUT2D eigenvalue weighted by atomic mass is 16.2. The number of rotatable bonds is 5. The number of hydrogen-bond donors (Lipinski definition) is 2. The van der Waals surface area contributed by atoms with Crippen LogP contribution in [0.15, 0.2) is 30.3 Å².